The van der Waals surface area contributed by atoms with Crippen LogP contribution in [-0.4, -0.2) is 6.18 Å². The Morgan fingerprint density at radius 2 is 1.52 bits per heavy atom. The summed E-state index contributed by atoms with van der Waals surface area (Å²) in [6, 6.07) is 10.8. The molecule has 0 saturated heterocycles. The molecule has 1 N–H and O–H groups in total. The first kappa shape index (κ1) is 15.5. The molecule has 0 heterocycles. The third-order valence-corrected chi connectivity index (χ3v) is 3.23. The summed E-state index contributed by atoms with van der Waals surface area (Å²) in [4.78, 5) is 0. The van der Waals surface area contributed by atoms with Crippen LogP contribution in [0, 0.1) is 5.82 Å². The summed E-state index contributed by atoms with van der Waals surface area (Å²) in [5.74, 6) is -0.468. The normalized spacial score (nSPS) is 14.7. The molecule has 2 aromatic carbocycles. The van der Waals surface area contributed by atoms with Crippen LogP contribution in [0.5, 0.6) is 0 Å². The highest BCUT2D eigenvalue weighted by Crippen LogP contribution is 2.34. The van der Waals surface area contributed by atoms with Crippen molar-refractivity contribution in [3.63, 3.8) is 0 Å². The Morgan fingerprint density at radius 1 is 0.905 bits per heavy atom. The summed E-state index contributed by atoms with van der Waals surface area (Å²) in [5.41, 5.74) is 0.605. The van der Waals surface area contributed by atoms with Crippen LogP contribution in [0.25, 0.3) is 0 Å². The smallest absolute Gasteiger partial charge is 0.296 e. The summed E-state index contributed by atoms with van der Waals surface area (Å²) >= 11 is 0. The Bertz CT molecular complexity index is 580. The van der Waals surface area contributed by atoms with E-state index in [1.165, 1.54) is 30.3 Å². The second-order valence-electron chi connectivity index (χ2n) is 4.83. The van der Waals surface area contributed by atoms with E-state index in [1.54, 1.807) is 31.2 Å². The van der Waals surface area contributed by atoms with Gasteiger partial charge in [0.15, 0.2) is 0 Å². The minimum Gasteiger partial charge on any atom is -0.296 e. The van der Waals surface area contributed by atoms with Gasteiger partial charge in [-0.2, -0.15) is 13.2 Å². The van der Waals surface area contributed by atoms with Crippen LogP contribution in [0.1, 0.15) is 30.1 Å². The van der Waals surface area contributed by atoms with E-state index in [0.29, 0.717) is 5.56 Å². The molecule has 1 unspecified atom stereocenters. The van der Waals surface area contributed by atoms with Crippen LogP contribution in [-0.2, 0) is 0 Å². The molecule has 0 fully saturated rings. The first-order valence-corrected chi connectivity index (χ1v) is 6.51. The Balaban J connectivity index is 2.24. The van der Waals surface area contributed by atoms with Gasteiger partial charge in [0.2, 0.25) is 0 Å². The zero-order chi connectivity index (χ0) is 15.5. The molecular weight excluding hydrogens is 282 g/mol. The molecule has 1 nitrogen and oxygen atoms in total. The van der Waals surface area contributed by atoms with Crippen LogP contribution >= 0.6 is 0 Å². The number of alkyl halides is 3. The van der Waals surface area contributed by atoms with Crippen molar-refractivity contribution >= 4 is 0 Å². The van der Waals surface area contributed by atoms with Crippen LogP contribution in [0.15, 0.2) is 54.6 Å². The fourth-order valence-corrected chi connectivity index (χ4v) is 2.15. The second kappa shape index (κ2) is 6.26. The second-order valence-corrected chi connectivity index (χ2v) is 4.83. The van der Waals surface area contributed by atoms with Crippen LogP contribution in [0.3, 0.4) is 0 Å². The van der Waals surface area contributed by atoms with E-state index >= 15 is 0 Å². The number of nitrogens with one attached hydrogen (secondary N) is 1. The topological polar surface area (TPSA) is 12.0 Å². The molecule has 0 bridgehead atoms. The Labute approximate surface area is 120 Å². The van der Waals surface area contributed by atoms with Gasteiger partial charge >= 0.3 is 6.18 Å². The Morgan fingerprint density at radius 3 is 2.10 bits per heavy atom. The van der Waals surface area contributed by atoms with Gasteiger partial charge in [-0.05, 0) is 30.2 Å². The Hall–Kier alpha value is -1.88. The van der Waals surface area contributed by atoms with Crippen molar-refractivity contribution in [1.82, 2.24) is 5.32 Å². The van der Waals surface area contributed by atoms with E-state index in [4.69, 9.17) is 0 Å². The van der Waals surface area contributed by atoms with Gasteiger partial charge in [0, 0.05) is 6.04 Å². The standard InChI is InChI=1S/C16H15F4N/c1-11(13-8-5-9-14(17)10-13)21-15(16(18,19)20)12-6-3-2-4-7-12/h2-11,15,21H,1H3/t11-,15?/m0/s1. The van der Waals surface area contributed by atoms with Gasteiger partial charge in [-0.25, -0.2) is 4.39 Å². The highest BCUT2D eigenvalue weighted by molar-refractivity contribution is 5.23. The van der Waals surface area contributed by atoms with Crippen LogP contribution in [0.2, 0.25) is 0 Å². The van der Waals surface area contributed by atoms with E-state index in [-0.39, 0.29) is 5.56 Å². The first-order valence-electron chi connectivity index (χ1n) is 6.51. The van der Waals surface area contributed by atoms with Gasteiger partial charge < -0.3 is 0 Å². The summed E-state index contributed by atoms with van der Waals surface area (Å²) in [5, 5.41) is 2.53. The molecule has 2 atom stereocenters. The predicted octanol–water partition coefficient (Wildman–Crippen LogP) is 4.78. The number of hydrogen-bond donors (Lipinski definition) is 1. The lowest BCUT2D eigenvalue weighted by atomic mass is 10.0. The molecule has 0 spiro atoms. The van der Waals surface area contributed by atoms with E-state index in [2.05, 4.69) is 5.32 Å². The largest absolute Gasteiger partial charge is 0.407 e. The average molecular weight is 297 g/mol. The molecule has 0 amide bonds. The third kappa shape index (κ3) is 4.04. The predicted molar refractivity (Wildman–Crippen MR) is 73.2 cm³/mol. The van der Waals surface area contributed by atoms with Crippen molar-refractivity contribution in [2.75, 3.05) is 0 Å². The number of halogens is 4. The lowest BCUT2D eigenvalue weighted by molar-refractivity contribution is -0.159. The summed E-state index contributed by atoms with van der Waals surface area (Å²) in [6.07, 6.45) is -4.43. The van der Waals surface area contributed by atoms with E-state index in [1.807, 2.05) is 0 Å². The average Bonchev–Trinajstić information content (AvgIpc) is 2.44. The molecule has 0 aromatic heterocycles. The maximum absolute atomic E-state index is 13.2. The van der Waals surface area contributed by atoms with Crippen molar-refractivity contribution in [1.29, 1.82) is 0 Å². The van der Waals surface area contributed by atoms with E-state index in [0.717, 1.165) is 0 Å². The van der Waals surface area contributed by atoms with Gasteiger partial charge in [-0.1, -0.05) is 42.5 Å². The highest BCUT2D eigenvalue weighted by Gasteiger charge is 2.41. The Kier molecular flexibility index (Phi) is 4.63. The molecule has 0 saturated carbocycles. The molecule has 0 aliphatic heterocycles. The highest BCUT2D eigenvalue weighted by atomic mass is 19.4. The van der Waals surface area contributed by atoms with Crippen molar-refractivity contribution in [2.24, 2.45) is 0 Å². The van der Waals surface area contributed by atoms with Crippen LogP contribution < -0.4 is 5.32 Å². The fourth-order valence-electron chi connectivity index (χ4n) is 2.15. The summed E-state index contributed by atoms with van der Waals surface area (Å²) in [6.45, 7) is 1.58. The molecule has 0 radical (unpaired) electrons. The van der Waals surface area contributed by atoms with E-state index < -0.39 is 24.1 Å². The maximum Gasteiger partial charge on any atom is 0.407 e. The van der Waals surface area contributed by atoms with Crippen molar-refractivity contribution in [3.8, 4) is 0 Å². The molecule has 2 aromatic rings. The summed E-state index contributed by atoms with van der Waals surface area (Å²) in [7, 11) is 0. The van der Waals surface area contributed by atoms with Gasteiger partial charge in [0.1, 0.15) is 11.9 Å². The number of benzene rings is 2. The maximum atomic E-state index is 13.2. The third-order valence-electron chi connectivity index (χ3n) is 3.23. The number of hydrogen-bond acceptors (Lipinski definition) is 1. The lowest BCUT2D eigenvalue weighted by Crippen LogP contribution is -2.35. The minimum absolute atomic E-state index is 0.133. The lowest BCUT2D eigenvalue weighted by Gasteiger charge is -2.26. The molecule has 0 aliphatic carbocycles. The van der Waals surface area contributed by atoms with Crippen LogP contribution in [0.4, 0.5) is 17.6 Å². The molecule has 0 aliphatic rings. The quantitative estimate of drug-likeness (QED) is 0.801. The molecule has 2 rings (SSSR count). The fraction of sp³-hybridized carbons (Fsp3) is 0.250. The number of rotatable bonds is 4. The van der Waals surface area contributed by atoms with Crippen molar-refractivity contribution in [2.45, 2.75) is 25.2 Å². The zero-order valence-corrected chi connectivity index (χ0v) is 11.4. The molecule has 5 heteroatoms. The van der Waals surface area contributed by atoms with Crippen molar-refractivity contribution in [3.05, 3.63) is 71.5 Å². The first-order chi connectivity index (χ1) is 9.88. The SMILES string of the molecule is C[C@H](NC(c1ccccc1)C(F)(F)F)c1cccc(F)c1. The molecule has 112 valence electrons. The van der Waals surface area contributed by atoms with E-state index in [9.17, 15) is 17.6 Å². The zero-order valence-electron chi connectivity index (χ0n) is 11.4. The van der Waals surface area contributed by atoms with Gasteiger partial charge in [-0.3, -0.25) is 5.32 Å². The summed E-state index contributed by atoms with van der Waals surface area (Å²) < 4.78 is 52.8. The van der Waals surface area contributed by atoms with Crippen molar-refractivity contribution < 1.29 is 17.6 Å². The van der Waals surface area contributed by atoms with Gasteiger partial charge in [-0.15, -0.1) is 0 Å². The minimum atomic E-state index is -4.43. The monoisotopic (exact) mass is 297 g/mol. The molecular formula is C16H15F4N. The van der Waals surface area contributed by atoms with Gasteiger partial charge in [0.25, 0.3) is 0 Å². The van der Waals surface area contributed by atoms with Gasteiger partial charge in [0.05, 0.1) is 0 Å². The molecule has 21 heavy (non-hydrogen) atoms.